The molecule has 0 atom stereocenters. The fourth-order valence-corrected chi connectivity index (χ4v) is 4.53. The average Bonchev–Trinajstić information content (AvgIpc) is 3.19. The topological polar surface area (TPSA) is 97.9 Å². The Morgan fingerprint density at radius 2 is 1.88 bits per heavy atom. The molecule has 0 aromatic carbocycles. The molecule has 0 spiro atoms. The van der Waals surface area contributed by atoms with Gasteiger partial charge in [-0.2, -0.15) is 0 Å². The monoisotopic (exact) mass is 442 g/mol. The van der Waals surface area contributed by atoms with Gasteiger partial charge in [-0.3, -0.25) is 4.79 Å². The van der Waals surface area contributed by atoms with E-state index in [0.29, 0.717) is 18.8 Å². The van der Waals surface area contributed by atoms with Gasteiger partial charge in [0, 0.05) is 71.8 Å². The molecule has 8 heteroatoms. The maximum absolute atomic E-state index is 12.7. The second-order valence-electron chi connectivity index (χ2n) is 8.59. The van der Waals surface area contributed by atoms with Crippen molar-refractivity contribution in [1.82, 2.24) is 30.0 Å². The molecule has 0 saturated carbocycles. The van der Waals surface area contributed by atoms with Crippen LogP contribution in [0.3, 0.4) is 0 Å². The zero-order chi connectivity index (χ0) is 22.8. The Kier molecular flexibility index (Phi) is 5.81. The number of aryl methyl sites for hydroxylation is 2. The first-order valence-electron chi connectivity index (χ1n) is 11.3. The van der Waals surface area contributed by atoms with Crippen molar-refractivity contribution in [2.45, 2.75) is 45.4 Å². The van der Waals surface area contributed by atoms with Gasteiger partial charge in [-0.1, -0.05) is 5.16 Å². The van der Waals surface area contributed by atoms with Crippen molar-refractivity contribution in [2.75, 3.05) is 13.1 Å². The van der Waals surface area contributed by atoms with Crippen LogP contribution in [-0.4, -0.2) is 49.0 Å². The van der Waals surface area contributed by atoms with Crippen LogP contribution < -0.4 is 0 Å². The predicted octanol–water partition coefficient (Wildman–Crippen LogP) is 4.03. The molecule has 1 aliphatic heterocycles. The Balaban J connectivity index is 1.21. The smallest absolute Gasteiger partial charge is 0.222 e. The van der Waals surface area contributed by atoms with E-state index in [4.69, 9.17) is 9.51 Å². The number of aromatic nitrogens is 5. The molecule has 5 rings (SSSR count). The molecule has 0 aliphatic carbocycles. The normalized spacial score (nSPS) is 14.7. The summed E-state index contributed by atoms with van der Waals surface area (Å²) in [5.41, 5.74) is 5.62. The van der Waals surface area contributed by atoms with Gasteiger partial charge >= 0.3 is 0 Å². The van der Waals surface area contributed by atoms with Crippen molar-refractivity contribution < 1.29 is 9.32 Å². The van der Waals surface area contributed by atoms with Gasteiger partial charge in [0.15, 0.2) is 5.65 Å². The highest BCUT2D eigenvalue weighted by atomic mass is 16.5. The number of piperidine rings is 1. The Bertz CT molecular complexity index is 1260. The average molecular weight is 443 g/mol. The van der Waals surface area contributed by atoms with Gasteiger partial charge in [0.05, 0.1) is 5.69 Å². The second kappa shape index (κ2) is 9.05. The first-order valence-corrected chi connectivity index (χ1v) is 11.3. The Hall–Kier alpha value is -3.68. The molecule has 5 heterocycles. The molecule has 1 amide bonds. The fourth-order valence-electron chi connectivity index (χ4n) is 4.53. The van der Waals surface area contributed by atoms with Crippen molar-refractivity contribution in [2.24, 2.45) is 0 Å². The number of rotatable bonds is 5. The van der Waals surface area contributed by atoms with Crippen LogP contribution in [-0.2, 0) is 11.2 Å². The lowest BCUT2D eigenvalue weighted by atomic mass is 9.92. The molecule has 33 heavy (non-hydrogen) atoms. The number of likely N-dealkylation sites (tertiary alicyclic amines) is 1. The number of carbonyl (C=O) groups excluding carboxylic acids is 1. The molecule has 4 aromatic rings. The molecule has 1 saturated heterocycles. The standard InChI is InChI=1S/C25H26N6O2/c1-16-22(17(2)33-30-16)4-6-24(32)31-9-7-18(8-10-31)23-5-3-19-11-20(14-28-25(19)29-23)21-12-26-15-27-13-21/h3,5,11-15,18H,4,6-10H2,1-2H3. The van der Waals surface area contributed by atoms with Crippen molar-refractivity contribution in [3.8, 4) is 11.1 Å². The number of hydrogen-bond donors (Lipinski definition) is 0. The van der Waals surface area contributed by atoms with Crippen LogP contribution >= 0.6 is 0 Å². The van der Waals surface area contributed by atoms with E-state index in [-0.39, 0.29) is 5.91 Å². The van der Waals surface area contributed by atoms with E-state index in [9.17, 15) is 4.79 Å². The third-order valence-corrected chi connectivity index (χ3v) is 6.49. The molecule has 0 N–H and O–H groups in total. The quantitative estimate of drug-likeness (QED) is 0.460. The van der Waals surface area contributed by atoms with Crippen LogP contribution in [0.4, 0.5) is 0 Å². The molecule has 1 aliphatic rings. The molecule has 4 aromatic heterocycles. The van der Waals surface area contributed by atoms with E-state index in [1.165, 1.54) is 6.33 Å². The third kappa shape index (κ3) is 4.46. The van der Waals surface area contributed by atoms with Crippen LogP contribution in [0.15, 0.2) is 47.6 Å². The summed E-state index contributed by atoms with van der Waals surface area (Å²) in [4.78, 5) is 32.3. The van der Waals surface area contributed by atoms with Gasteiger partial charge in [0.25, 0.3) is 0 Å². The lowest BCUT2D eigenvalue weighted by Gasteiger charge is -2.32. The number of nitrogens with zero attached hydrogens (tertiary/aromatic N) is 6. The number of amides is 1. The van der Waals surface area contributed by atoms with E-state index < -0.39 is 0 Å². The first-order chi connectivity index (χ1) is 16.1. The number of fused-ring (bicyclic) bond motifs is 1. The number of hydrogen-bond acceptors (Lipinski definition) is 7. The summed E-state index contributed by atoms with van der Waals surface area (Å²) in [6.07, 6.45) is 9.88. The molecule has 0 unspecified atom stereocenters. The fraction of sp³-hybridized carbons (Fsp3) is 0.360. The third-order valence-electron chi connectivity index (χ3n) is 6.49. The van der Waals surface area contributed by atoms with Crippen LogP contribution in [0.5, 0.6) is 0 Å². The first kappa shape index (κ1) is 21.2. The highest BCUT2D eigenvalue weighted by Crippen LogP contribution is 2.29. The summed E-state index contributed by atoms with van der Waals surface area (Å²) >= 11 is 0. The van der Waals surface area contributed by atoms with Gasteiger partial charge in [0.1, 0.15) is 12.1 Å². The maximum Gasteiger partial charge on any atom is 0.222 e. The van der Waals surface area contributed by atoms with Gasteiger partial charge in [-0.05, 0) is 51.3 Å². The second-order valence-corrected chi connectivity index (χ2v) is 8.59. The summed E-state index contributed by atoms with van der Waals surface area (Å²) in [5.74, 6) is 1.34. The summed E-state index contributed by atoms with van der Waals surface area (Å²) in [5, 5.41) is 4.97. The molecular weight excluding hydrogens is 416 g/mol. The predicted molar refractivity (Wildman–Crippen MR) is 123 cm³/mol. The molecule has 168 valence electrons. The van der Waals surface area contributed by atoms with Crippen LogP contribution in [0.1, 0.15) is 47.9 Å². The summed E-state index contributed by atoms with van der Waals surface area (Å²) in [6, 6.07) is 6.24. The van der Waals surface area contributed by atoms with Crippen LogP contribution in [0, 0.1) is 13.8 Å². The molecule has 1 fully saturated rings. The SMILES string of the molecule is Cc1noc(C)c1CCC(=O)N1CCC(c2ccc3cc(-c4cncnc4)cnc3n2)CC1. The Labute approximate surface area is 192 Å². The van der Waals surface area contributed by atoms with E-state index in [0.717, 1.165) is 70.8 Å². The molecule has 0 bridgehead atoms. The number of pyridine rings is 2. The minimum Gasteiger partial charge on any atom is -0.361 e. The van der Waals surface area contributed by atoms with E-state index in [1.54, 1.807) is 12.4 Å². The zero-order valence-electron chi connectivity index (χ0n) is 18.9. The van der Waals surface area contributed by atoms with Crippen molar-refractivity contribution in [3.05, 3.63) is 65.8 Å². The molecule has 0 radical (unpaired) electrons. The summed E-state index contributed by atoms with van der Waals surface area (Å²) in [7, 11) is 0. The van der Waals surface area contributed by atoms with Gasteiger partial charge in [-0.15, -0.1) is 0 Å². The lowest BCUT2D eigenvalue weighted by Crippen LogP contribution is -2.38. The van der Waals surface area contributed by atoms with E-state index in [1.807, 2.05) is 24.9 Å². The minimum atomic E-state index is 0.194. The summed E-state index contributed by atoms with van der Waals surface area (Å²) in [6.45, 7) is 5.33. The van der Waals surface area contributed by atoms with E-state index >= 15 is 0 Å². The van der Waals surface area contributed by atoms with Crippen LogP contribution in [0.25, 0.3) is 22.2 Å². The Morgan fingerprint density at radius 1 is 1.09 bits per heavy atom. The largest absolute Gasteiger partial charge is 0.361 e. The van der Waals surface area contributed by atoms with Crippen LogP contribution in [0.2, 0.25) is 0 Å². The van der Waals surface area contributed by atoms with Crippen molar-refractivity contribution in [1.29, 1.82) is 0 Å². The van der Waals surface area contributed by atoms with Gasteiger partial charge in [-0.25, -0.2) is 19.9 Å². The summed E-state index contributed by atoms with van der Waals surface area (Å²) < 4.78 is 5.20. The minimum absolute atomic E-state index is 0.194. The van der Waals surface area contributed by atoms with Gasteiger partial charge in [0.2, 0.25) is 5.91 Å². The maximum atomic E-state index is 12.7. The zero-order valence-corrected chi connectivity index (χ0v) is 18.9. The molecular formula is C25H26N6O2. The molecule has 8 nitrogen and oxygen atoms in total. The lowest BCUT2D eigenvalue weighted by molar-refractivity contribution is -0.132. The highest BCUT2D eigenvalue weighted by Gasteiger charge is 2.25. The van der Waals surface area contributed by atoms with Crippen molar-refractivity contribution in [3.63, 3.8) is 0 Å². The number of carbonyl (C=O) groups is 1. The Morgan fingerprint density at radius 3 is 2.61 bits per heavy atom. The van der Waals surface area contributed by atoms with Crippen molar-refractivity contribution >= 4 is 16.9 Å². The highest BCUT2D eigenvalue weighted by molar-refractivity contribution is 5.80. The van der Waals surface area contributed by atoms with E-state index in [2.05, 4.69) is 38.3 Å². The van der Waals surface area contributed by atoms with Gasteiger partial charge < -0.3 is 9.42 Å².